The Hall–Kier alpha value is -0.910. The molecule has 2 N–H and O–H groups in total. The first-order valence-electron chi connectivity index (χ1n) is 4.58. The third-order valence-electron chi connectivity index (χ3n) is 2.12. The summed E-state index contributed by atoms with van der Waals surface area (Å²) in [6.45, 7) is 1.72. The molecule has 0 amide bonds. The fourth-order valence-electron chi connectivity index (χ4n) is 1.30. The van der Waals surface area contributed by atoms with E-state index in [1.54, 1.807) is 13.0 Å². The summed E-state index contributed by atoms with van der Waals surface area (Å²) in [5.74, 6) is 0.949. The fraction of sp³-hybridized carbons (Fsp3) is 0.200. The van der Waals surface area contributed by atoms with Crippen LogP contribution in [0.15, 0.2) is 27.2 Å². The predicted molar refractivity (Wildman–Crippen MR) is 64.2 cm³/mol. The summed E-state index contributed by atoms with van der Waals surface area (Å²) in [7, 11) is 0. The van der Waals surface area contributed by atoms with Crippen molar-refractivity contribution in [3.8, 4) is 0 Å². The zero-order chi connectivity index (χ0) is 11.7. The van der Waals surface area contributed by atoms with Crippen LogP contribution in [0.1, 0.15) is 23.3 Å². The summed E-state index contributed by atoms with van der Waals surface area (Å²) in [5.41, 5.74) is 6.83. The van der Waals surface area contributed by atoms with E-state index in [9.17, 15) is 0 Å². The van der Waals surface area contributed by atoms with Gasteiger partial charge in [-0.1, -0.05) is 22.8 Å². The highest BCUT2D eigenvalue weighted by molar-refractivity contribution is 9.10. The molecule has 0 fully saturated rings. The van der Waals surface area contributed by atoms with Gasteiger partial charge in [0.15, 0.2) is 5.82 Å². The molecule has 1 aromatic heterocycles. The van der Waals surface area contributed by atoms with Crippen molar-refractivity contribution in [3.63, 3.8) is 0 Å². The van der Waals surface area contributed by atoms with Crippen LogP contribution in [0.3, 0.4) is 0 Å². The Bertz CT molecular complexity index is 515. The average Bonchev–Trinajstić information content (AvgIpc) is 2.68. The molecule has 1 atom stereocenters. The molecule has 84 valence electrons. The highest BCUT2D eigenvalue weighted by Gasteiger charge is 2.15. The highest BCUT2D eigenvalue weighted by Crippen LogP contribution is 2.26. The zero-order valence-corrected chi connectivity index (χ0v) is 10.8. The van der Waals surface area contributed by atoms with Crippen molar-refractivity contribution in [3.05, 3.63) is 45.0 Å². The first-order valence-corrected chi connectivity index (χ1v) is 5.76. The topological polar surface area (TPSA) is 64.9 Å². The first-order chi connectivity index (χ1) is 7.58. The lowest BCUT2D eigenvalue weighted by Crippen LogP contribution is -2.13. The van der Waals surface area contributed by atoms with E-state index in [-0.39, 0.29) is 0 Å². The van der Waals surface area contributed by atoms with E-state index in [1.807, 2.05) is 12.1 Å². The van der Waals surface area contributed by atoms with Crippen LogP contribution >= 0.6 is 27.5 Å². The van der Waals surface area contributed by atoms with Crippen LogP contribution < -0.4 is 5.73 Å². The molecule has 6 heteroatoms. The molecule has 2 rings (SSSR count). The van der Waals surface area contributed by atoms with Crippen LogP contribution in [-0.2, 0) is 0 Å². The minimum Gasteiger partial charge on any atom is -0.340 e. The second-order valence-corrected chi connectivity index (χ2v) is 4.58. The summed E-state index contributed by atoms with van der Waals surface area (Å²) in [5, 5.41) is 4.38. The van der Waals surface area contributed by atoms with Crippen LogP contribution in [0.25, 0.3) is 0 Å². The summed E-state index contributed by atoms with van der Waals surface area (Å²) >= 11 is 9.30. The standard InChI is InChI=1S/C10H9BrClN3O/c1-5-14-10(15-16-5)9(13)6-2-3-7(11)8(12)4-6/h2-4,9H,13H2,1H3. The molecule has 1 heterocycles. The second-order valence-electron chi connectivity index (χ2n) is 3.32. The Morgan fingerprint density at radius 2 is 2.25 bits per heavy atom. The third kappa shape index (κ3) is 2.26. The predicted octanol–water partition coefficient (Wildman–Crippen LogP) is 2.84. The Morgan fingerprint density at radius 1 is 1.50 bits per heavy atom. The summed E-state index contributed by atoms with van der Waals surface area (Å²) in [6, 6.07) is 5.06. The molecule has 16 heavy (non-hydrogen) atoms. The van der Waals surface area contributed by atoms with Gasteiger partial charge < -0.3 is 10.3 Å². The van der Waals surface area contributed by atoms with Gasteiger partial charge >= 0.3 is 0 Å². The number of hydrogen-bond acceptors (Lipinski definition) is 4. The molecule has 1 unspecified atom stereocenters. The quantitative estimate of drug-likeness (QED) is 0.926. The maximum Gasteiger partial charge on any atom is 0.223 e. The molecule has 0 aliphatic carbocycles. The highest BCUT2D eigenvalue weighted by atomic mass is 79.9. The SMILES string of the molecule is Cc1nc(C(N)c2ccc(Br)c(Cl)c2)no1. The van der Waals surface area contributed by atoms with E-state index in [2.05, 4.69) is 26.1 Å². The summed E-state index contributed by atoms with van der Waals surface area (Å²) < 4.78 is 5.71. The number of hydrogen-bond donors (Lipinski definition) is 1. The number of aryl methyl sites for hydroxylation is 1. The van der Waals surface area contributed by atoms with E-state index in [0.29, 0.717) is 16.7 Å². The normalized spacial score (nSPS) is 12.8. The van der Waals surface area contributed by atoms with Gasteiger partial charge in [0.05, 0.1) is 11.1 Å². The van der Waals surface area contributed by atoms with Crippen LogP contribution in [0.2, 0.25) is 5.02 Å². The van der Waals surface area contributed by atoms with E-state index >= 15 is 0 Å². The molecule has 0 radical (unpaired) electrons. The van der Waals surface area contributed by atoms with Crippen molar-refractivity contribution >= 4 is 27.5 Å². The van der Waals surface area contributed by atoms with Crippen molar-refractivity contribution in [1.82, 2.24) is 10.1 Å². The largest absolute Gasteiger partial charge is 0.340 e. The van der Waals surface area contributed by atoms with Gasteiger partial charge in [-0.2, -0.15) is 4.98 Å². The first kappa shape index (κ1) is 11.6. The molecule has 0 saturated heterocycles. The molecule has 0 saturated carbocycles. The lowest BCUT2D eigenvalue weighted by Gasteiger charge is -2.08. The van der Waals surface area contributed by atoms with Crippen LogP contribution in [0.4, 0.5) is 0 Å². The van der Waals surface area contributed by atoms with Gasteiger partial charge in [-0.05, 0) is 33.6 Å². The number of nitrogens with zero attached hydrogens (tertiary/aromatic N) is 2. The van der Waals surface area contributed by atoms with Gasteiger partial charge in [0.1, 0.15) is 0 Å². The van der Waals surface area contributed by atoms with Gasteiger partial charge in [-0.15, -0.1) is 0 Å². The Labute approximate surface area is 106 Å². The Kier molecular flexibility index (Phi) is 3.28. The molecular weight excluding hydrogens is 293 g/mol. The molecule has 0 aliphatic rings. The molecular formula is C10H9BrClN3O. The summed E-state index contributed by atoms with van der Waals surface area (Å²) in [6.07, 6.45) is 0. The van der Waals surface area contributed by atoms with Crippen molar-refractivity contribution in [2.45, 2.75) is 13.0 Å². The lowest BCUT2D eigenvalue weighted by molar-refractivity contribution is 0.385. The maximum atomic E-state index is 5.99. The van der Waals surface area contributed by atoms with Crippen molar-refractivity contribution in [1.29, 1.82) is 0 Å². The number of benzene rings is 1. The van der Waals surface area contributed by atoms with E-state index < -0.39 is 6.04 Å². The minimum atomic E-state index is -0.428. The van der Waals surface area contributed by atoms with Crippen LogP contribution in [-0.4, -0.2) is 10.1 Å². The van der Waals surface area contributed by atoms with Crippen LogP contribution in [0.5, 0.6) is 0 Å². The third-order valence-corrected chi connectivity index (χ3v) is 3.36. The number of rotatable bonds is 2. The average molecular weight is 303 g/mol. The fourth-order valence-corrected chi connectivity index (χ4v) is 1.73. The molecule has 0 bridgehead atoms. The molecule has 4 nitrogen and oxygen atoms in total. The Morgan fingerprint density at radius 3 is 2.81 bits per heavy atom. The Balaban J connectivity index is 2.33. The monoisotopic (exact) mass is 301 g/mol. The van der Waals surface area contributed by atoms with Crippen molar-refractivity contribution in [2.75, 3.05) is 0 Å². The zero-order valence-electron chi connectivity index (χ0n) is 8.45. The molecule has 0 aliphatic heterocycles. The smallest absolute Gasteiger partial charge is 0.223 e. The lowest BCUT2D eigenvalue weighted by atomic mass is 10.1. The maximum absolute atomic E-state index is 5.99. The van der Waals surface area contributed by atoms with Gasteiger partial charge in [-0.3, -0.25) is 0 Å². The van der Waals surface area contributed by atoms with Gasteiger partial charge in [0.25, 0.3) is 0 Å². The van der Waals surface area contributed by atoms with Crippen LogP contribution in [0, 0.1) is 6.92 Å². The van der Waals surface area contributed by atoms with Gasteiger partial charge in [0.2, 0.25) is 5.89 Å². The molecule has 2 aromatic rings. The van der Waals surface area contributed by atoms with Gasteiger partial charge in [-0.25, -0.2) is 0 Å². The number of aromatic nitrogens is 2. The number of halogens is 2. The molecule has 1 aromatic carbocycles. The molecule has 0 spiro atoms. The number of nitrogens with two attached hydrogens (primary N) is 1. The van der Waals surface area contributed by atoms with E-state index in [1.165, 1.54) is 0 Å². The van der Waals surface area contributed by atoms with Crippen molar-refractivity contribution < 1.29 is 4.52 Å². The minimum absolute atomic E-state index is 0.428. The van der Waals surface area contributed by atoms with Gasteiger partial charge in [0, 0.05) is 11.4 Å². The van der Waals surface area contributed by atoms with E-state index in [4.69, 9.17) is 21.9 Å². The van der Waals surface area contributed by atoms with Crippen molar-refractivity contribution in [2.24, 2.45) is 5.73 Å². The summed E-state index contributed by atoms with van der Waals surface area (Å²) in [4.78, 5) is 4.08. The second kappa shape index (κ2) is 4.53. The van der Waals surface area contributed by atoms with E-state index in [0.717, 1.165) is 10.0 Å².